The Bertz CT molecular complexity index is 951. The maximum atomic E-state index is 12.7. The van der Waals surface area contributed by atoms with Gasteiger partial charge in [0.2, 0.25) is 5.91 Å². The second-order valence-electron chi connectivity index (χ2n) is 4.90. The van der Waals surface area contributed by atoms with Gasteiger partial charge in [-0.3, -0.25) is 4.79 Å². The first kappa shape index (κ1) is 15.2. The third-order valence-electron chi connectivity index (χ3n) is 3.37. The molecule has 0 spiro atoms. The molecule has 3 aromatic rings. The minimum atomic E-state index is -3.95. The zero-order valence-corrected chi connectivity index (χ0v) is 13.1. The number of fused-ring (bicyclic) bond motifs is 1. The first-order valence-corrected chi connectivity index (χ1v) is 8.31. The van der Waals surface area contributed by atoms with E-state index in [2.05, 4.69) is 10.3 Å². The summed E-state index contributed by atoms with van der Waals surface area (Å²) < 4.78 is 27.5. The fraction of sp³-hybridized carbons (Fsp3) is 0.133. The lowest BCUT2D eigenvalue weighted by molar-refractivity contribution is -0.125. The van der Waals surface area contributed by atoms with Gasteiger partial charge in [0.05, 0.1) is 10.4 Å². The fourth-order valence-electron chi connectivity index (χ4n) is 2.21. The van der Waals surface area contributed by atoms with Gasteiger partial charge in [-0.1, -0.05) is 35.5 Å². The van der Waals surface area contributed by atoms with E-state index >= 15 is 0 Å². The van der Waals surface area contributed by atoms with Crippen LogP contribution in [0.25, 0.3) is 11.0 Å². The quantitative estimate of drug-likeness (QED) is 0.726. The highest BCUT2D eigenvalue weighted by molar-refractivity contribution is 7.89. The largest absolute Gasteiger partial charge is 0.274 e. The molecule has 118 valence electrons. The summed E-state index contributed by atoms with van der Waals surface area (Å²) in [5.41, 5.74) is 1.29. The molecule has 0 aliphatic rings. The molecular weight excluding hydrogens is 316 g/mol. The van der Waals surface area contributed by atoms with E-state index in [1.807, 2.05) is 6.07 Å². The molecule has 0 radical (unpaired) electrons. The lowest BCUT2D eigenvalue weighted by Gasteiger charge is -2.20. The Morgan fingerprint density at radius 1 is 1.09 bits per heavy atom. The first-order valence-electron chi connectivity index (χ1n) is 6.87. The van der Waals surface area contributed by atoms with Crippen molar-refractivity contribution in [1.29, 1.82) is 0 Å². The maximum absolute atomic E-state index is 12.7. The molecule has 0 fully saturated rings. The van der Waals surface area contributed by atoms with E-state index in [4.69, 9.17) is 0 Å². The Morgan fingerprint density at radius 2 is 1.74 bits per heavy atom. The van der Waals surface area contributed by atoms with Gasteiger partial charge >= 0.3 is 0 Å². The summed E-state index contributed by atoms with van der Waals surface area (Å²) >= 11 is 0. The number of nitrogens with zero attached hydrogens (tertiary/aromatic N) is 4. The Balaban J connectivity index is 2.02. The van der Waals surface area contributed by atoms with Crippen LogP contribution in [0, 0.1) is 0 Å². The smallest absolute Gasteiger partial charge is 0.268 e. The molecule has 0 bridgehead atoms. The van der Waals surface area contributed by atoms with E-state index in [9.17, 15) is 13.2 Å². The molecule has 0 aliphatic heterocycles. The molecule has 2 aromatic carbocycles. The average molecular weight is 330 g/mol. The van der Waals surface area contributed by atoms with Crippen molar-refractivity contribution in [3.63, 3.8) is 0 Å². The van der Waals surface area contributed by atoms with Crippen LogP contribution in [0.15, 0.2) is 59.5 Å². The minimum absolute atomic E-state index is 0.0552. The van der Waals surface area contributed by atoms with E-state index < -0.39 is 15.9 Å². The number of hydrogen-bond acceptors (Lipinski definition) is 5. The van der Waals surface area contributed by atoms with Crippen molar-refractivity contribution in [2.24, 2.45) is 0 Å². The van der Waals surface area contributed by atoms with Gasteiger partial charge in [-0.25, -0.2) is 17.4 Å². The summed E-state index contributed by atoms with van der Waals surface area (Å²) in [7, 11) is -3.95. The van der Waals surface area contributed by atoms with Crippen molar-refractivity contribution in [3.05, 3.63) is 54.6 Å². The number of aromatic nitrogens is 3. The lowest BCUT2D eigenvalue weighted by Crippen LogP contribution is -2.37. The molecule has 0 N–H and O–H groups in total. The highest BCUT2D eigenvalue weighted by Gasteiger charge is 2.27. The highest BCUT2D eigenvalue weighted by Crippen LogP contribution is 2.18. The highest BCUT2D eigenvalue weighted by atomic mass is 32.2. The van der Waals surface area contributed by atoms with E-state index in [-0.39, 0.29) is 11.6 Å². The van der Waals surface area contributed by atoms with Crippen molar-refractivity contribution in [1.82, 2.24) is 19.3 Å². The minimum Gasteiger partial charge on any atom is -0.274 e. The van der Waals surface area contributed by atoms with Crippen LogP contribution >= 0.6 is 0 Å². The van der Waals surface area contributed by atoms with Gasteiger partial charge in [-0.05, 0) is 24.3 Å². The normalized spacial score (nSPS) is 11.5. The van der Waals surface area contributed by atoms with Crippen LogP contribution in [-0.2, 0) is 21.5 Å². The van der Waals surface area contributed by atoms with E-state index in [1.54, 1.807) is 36.4 Å². The predicted octanol–water partition coefficient (Wildman–Crippen LogP) is 1.63. The molecule has 0 saturated heterocycles. The van der Waals surface area contributed by atoms with E-state index in [1.165, 1.54) is 23.7 Å². The number of rotatable bonds is 4. The Kier molecular flexibility index (Phi) is 3.83. The monoisotopic (exact) mass is 330 g/mol. The Labute approximate surface area is 133 Å². The van der Waals surface area contributed by atoms with Crippen molar-refractivity contribution >= 4 is 27.0 Å². The van der Waals surface area contributed by atoms with Crippen LogP contribution in [0.3, 0.4) is 0 Å². The second-order valence-corrected chi connectivity index (χ2v) is 6.77. The summed E-state index contributed by atoms with van der Waals surface area (Å²) in [6, 6.07) is 15.0. The maximum Gasteiger partial charge on any atom is 0.268 e. The number of carbonyl (C=O) groups is 1. The van der Waals surface area contributed by atoms with Crippen LogP contribution in [0.4, 0.5) is 0 Å². The van der Waals surface area contributed by atoms with Crippen LogP contribution < -0.4 is 0 Å². The van der Waals surface area contributed by atoms with Gasteiger partial charge in [0.15, 0.2) is 0 Å². The summed E-state index contributed by atoms with van der Waals surface area (Å²) in [6.45, 7) is 0.979. The molecule has 1 heterocycles. The van der Waals surface area contributed by atoms with Gasteiger partial charge in [0.25, 0.3) is 10.0 Å². The topological polar surface area (TPSA) is 85.2 Å². The first-order chi connectivity index (χ1) is 11.0. The van der Waals surface area contributed by atoms with Crippen LogP contribution in [0.2, 0.25) is 0 Å². The average Bonchev–Trinajstić information content (AvgIpc) is 2.96. The number of sulfonamides is 1. The number of carbonyl (C=O) groups excluding carboxylic acids is 1. The molecule has 1 aromatic heterocycles. The van der Waals surface area contributed by atoms with Gasteiger partial charge in [0, 0.05) is 6.92 Å². The molecule has 23 heavy (non-hydrogen) atoms. The molecule has 0 atom stereocenters. The number of amides is 1. The molecule has 7 nitrogen and oxygen atoms in total. The summed E-state index contributed by atoms with van der Waals surface area (Å²) in [5, 5.41) is 7.90. The molecule has 0 saturated carbocycles. The van der Waals surface area contributed by atoms with Crippen molar-refractivity contribution in [3.8, 4) is 0 Å². The SMILES string of the molecule is CC(=O)N(Cn1nnc2ccccc21)S(=O)(=O)c1ccccc1. The second kappa shape index (κ2) is 5.81. The van der Waals surface area contributed by atoms with E-state index in [0.29, 0.717) is 11.0 Å². The van der Waals surface area contributed by atoms with Crippen LogP contribution in [0.1, 0.15) is 6.92 Å². The number of para-hydroxylation sites is 1. The summed E-state index contributed by atoms with van der Waals surface area (Å²) in [4.78, 5) is 12.0. The van der Waals surface area contributed by atoms with Gasteiger partial charge in [-0.2, -0.15) is 0 Å². The van der Waals surface area contributed by atoms with Gasteiger partial charge < -0.3 is 0 Å². The standard InChI is InChI=1S/C15H14N4O3S/c1-12(20)19(23(21,22)13-7-3-2-4-8-13)11-18-15-10-6-5-9-14(15)16-17-18/h2-10H,11H2,1H3. The molecule has 1 amide bonds. The number of hydrogen-bond donors (Lipinski definition) is 0. The molecule has 0 unspecified atom stereocenters. The van der Waals surface area contributed by atoms with Crippen LogP contribution in [0.5, 0.6) is 0 Å². The Hall–Kier alpha value is -2.74. The zero-order chi connectivity index (χ0) is 16.4. The molecule has 3 rings (SSSR count). The predicted molar refractivity (Wildman–Crippen MR) is 83.7 cm³/mol. The fourth-order valence-corrected chi connectivity index (χ4v) is 3.56. The molecular formula is C15H14N4O3S. The number of benzene rings is 2. The van der Waals surface area contributed by atoms with Crippen molar-refractivity contribution in [2.75, 3.05) is 0 Å². The third-order valence-corrected chi connectivity index (χ3v) is 5.19. The van der Waals surface area contributed by atoms with E-state index in [0.717, 1.165) is 4.31 Å². The molecule has 0 aliphatic carbocycles. The zero-order valence-electron chi connectivity index (χ0n) is 12.3. The summed E-state index contributed by atoms with van der Waals surface area (Å²) in [6.07, 6.45) is 0. The van der Waals surface area contributed by atoms with Gasteiger partial charge in [-0.15, -0.1) is 5.10 Å². The Morgan fingerprint density at radius 3 is 2.43 bits per heavy atom. The molecule has 8 heteroatoms. The third kappa shape index (κ3) is 2.80. The lowest BCUT2D eigenvalue weighted by atomic mass is 10.3. The van der Waals surface area contributed by atoms with Crippen molar-refractivity contribution in [2.45, 2.75) is 18.5 Å². The van der Waals surface area contributed by atoms with Gasteiger partial charge in [0.1, 0.15) is 12.2 Å². The van der Waals surface area contributed by atoms with Crippen LogP contribution in [-0.4, -0.2) is 33.6 Å². The van der Waals surface area contributed by atoms with Crippen molar-refractivity contribution < 1.29 is 13.2 Å². The summed E-state index contributed by atoms with van der Waals surface area (Å²) in [5.74, 6) is -0.589.